The Kier molecular flexibility index (Phi) is 5.88. The lowest BCUT2D eigenvalue weighted by atomic mass is 10.2. The molecule has 1 heterocycles. The Balaban J connectivity index is 3.07. The molecule has 100 valence electrons. The van der Waals surface area contributed by atoms with Crippen LogP contribution in [0.25, 0.3) is 0 Å². The van der Waals surface area contributed by atoms with E-state index >= 15 is 0 Å². The number of hydrogen-bond donors (Lipinski definition) is 2. The number of aromatic carboxylic acids is 1. The van der Waals surface area contributed by atoms with E-state index in [1.54, 1.807) is 4.90 Å². The minimum atomic E-state index is -1.05. The predicted octanol–water partition coefficient (Wildman–Crippen LogP) is 2.03. The fourth-order valence-electron chi connectivity index (χ4n) is 1.63. The smallest absolute Gasteiger partial charge is 0.339 e. The molecular formula is C12H17ClN2O3. The quantitative estimate of drug-likeness (QED) is 0.743. The molecular weight excluding hydrogens is 256 g/mol. The van der Waals surface area contributed by atoms with Crippen molar-refractivity contribution in [3.8, 4) is 0 Å². The Morgan fingerprint density at radius 2 is 2.17 bits per heavy atom. The second-order valence-corrected chi connectivity index (χ2v) is 4.26. The van der Waals surface area contributed by atoms with Crippen molar-refractivity contribution >= 4 is 23.4 Å². The molecule has 0 saturated carbocycles. The van der Waals surface area contributed by atoms with Gasteiger partial charge in [0.2, 0.25) is 0 Å². The van der Waals surface area contributed by atoms with Crippen LogP contribution in [0.4, 0.5) is 5.82 Å². The summed E-state index contributed by atoms with van der Waals surface area (Å²) < 4.78 is 0. The molecule has 0 atom stereocenters. The van der Waals surface area contributed by atoms with Crippen LogP contribution in [0.3, 0.4) is 0 Å². The zero-order valence-electron chi connectivity index (χ0n) is 10.3. The maximum Gasteiger partial charge on any atom is 0.339 e. The van der Waals surface area contributed by atoms with Crippen LogP contribution in [0.2, 0.25) is 5.15 Å². The number of unbranched alkanes of at least 4 members (excludes halogenated alkanes) is 1. The number of rotatable bonds is 7. The van der Waals surface area contributed by atoms with E-state index in [0.29, 0.717) is 18.9 Å². The summed E-state index contributed by atoms with van der Waals surface area (Å²) >= 11 is 5.81. The Labute approximate surface area is 111 Å². The first-order valence-electron chi connectivity index (χ1n) is 5.85. The van der Waals surface area contributed by atoms with E-state index in [-0.39, 0.29) is 17.3 Å². The van der Waals surface area contributed by atoms with E-state index in [1.807, 2.05) is 6.92 Å². The highest BCUT2D eigenvalue weighted by Gasteiger charge is 2.17. The number of carboxylic acid groups (broad SMARTS) is 1. The Bertz CT molecular complexity index is 412. The van der Waals surface area contributed by atoms with Gasteiger partial charge < -0.3 is 15.1 Å². The summed E-state index contributed by atoms with van der Waals surface area (Å²) in [5.41, 5.74) is 0.101. The molecule has 0 unspecified atom stereocenters. The summed E-state index contributed by atoms with van der Waals surface area (Å²) in [6.45, 7) is 2.97. The van der Waals surface area contributed by atoms with Crippen LogP contribution in [-0.2, 0) is 0 Å². The standard InChI is InChI=1S/C12H17ClN2O3/c1-2-3-6-15(7-8-16)11-9(12(17)18)4-5-10(13)14-11/h4-5,16H,2-3,6-8H2,1H3,(H,17,18). The molecule has 1 aromatic heterocycles. The molecule has 5 nitrogen and oxygen atoms in total. The number of anilines is 1. The third-order valence-corrected chi connectivity index (χ3v) is 2.73. The van der Waals surface area contributed by atoms with Gasteiger partial charge in [-0.3, -0.25) is 0 Å². The molecule has 2 N–H and O–H groups in total. The van der Waals surface area contributed by atoms with Crippen LogP contribution in [-0.4, -0.2) is 40.9 Å². The molecule has 0 spiro atoms. The van der Waals surface area contributed by atoms with Gasteiger partial charge in [-0.2, -0.15) is 0 Å². The lowest BCUT2D eigenvalue weighted by molar-refractivity contribution is 0.0697. The van der Waals surface area contributed by atoms with Gasteiger partial charge >= 0.3 is 5.97 Å². The van der Waals surface area contributed by atoms with Crippen molar-refractivity contribution < 1.29 is 15.0 Å². The second kappa shape index (κ2) is 7.18. The van der Waals surface area contributed by atoms with Gasteiger partial charge in [0.25, 0.3) is 0 Å². The summed E-state index contributed by atoms with van der Waals surface area (Å²) in [5, 5.41) is 18.4. The summed E-state index contributed by atoms with van der Waals surface area (Å²) in [5.74, 6) is -0.730. The third kappa shape index (κ3) is 3.85. The monoisotopic (exact) mass is 272 g/mol. The molecule has 0 radical (unpaired) electrons. The summed E-state index contributed by atoms with van der Waals surface area (Å²) in [6.07, 6.45) is 1.87. The molecule has 0 fully saturated rings. The fourth-order valence-corrected chi connectivity index (χ4v) is 1.77. The van der Waals surface area contributed by atoms with Crippen molar-refractivity contribution in [1.29, 1.82) is 0 Å². The van der Waals surface area contributed by atoms with E-state index in [4.69, 9.17) is 21.8 Å². The number of aliphatic hydroxyl groups is 1. The first-order valence-corrected chi connectivity index (χ1v) is 6.23. The van der Waals surface area contributed by atoms with Gasteiger partial charge in [-0.1, -0.05) is 24.9 Å². The topological polar surface area (TPSA) is 73.7 Å². The molecule has 0 amide bonds. The van der Waals surface area contributed by atoms with Crippen molar-refractivity contribution in [1.82, 2.24) is 4.98 Å². The number of carbonyl (C=O) groups is 1. The third-order valence-electron chi connectivity index (χ3n) is 2.52. The number of nitrogens with zero attached hydrogens (tertiary/aromatic N) is 2. The van der Waals surface area contributed by atoms with Gasteiger partial charge in [-0.15, -0.1) is 0 Å². The van der Waals surface area contributed by atoms with E-state index in [2.05, 4.69) is 4.98 Å². The predicted molar refractivity (Wildman–Crippen MR) is 70.4 cm³/mol. The molecule has 0 aliphatic rings. The second-order valence-electron chi connectivity index (χ2n) is 3.87. The van der Waals surface area contributed by atoms with Crippen LogP contribution < -0.4 is 4.90 Å². The van der Waals surface area contributed by atoms with Crippen LogP contribution >= 0.6 is 11.6 Å². The van der Waals surface area contributed by atoms with Crippen LogP contribution in [0.15, 0.2) is 12.1 Å². The van der Waals surface area contributed by atoms with Gasteiger partial charge in [-0.05, 0) is 18.6 Å². The number of halogens is 1. The van der Waals surface area contributed by atoms with Crippen molar-refractivity contribution in [2.24, 2.45) is 0 Å². The number of aromatic nitrogens is 1. The highest BCUT2D eigenvalue weighted by molar-refractivity contribution is 6.29. The van der Waals surface area contributed by atoms with Crippen LogP contribution in [0.1, 0.15) is 30.1 Å². The lowest BCUT2D eigenvalue weighted by Gasteiger charge is -2.24. The molecule has 18 heavy (non-hydrogen) atoms. The van der Waals surface area contributed by atoms with Crippen molar-refractivity contribution in [3.05, 3.63) is 22.8 Å². The molecule has 1 rings (SSSR count). The van der Waals surface area contributed by atoms with Gasteiger partial charge in [0.1, 0.15) is 16.5 Å². The summed E-state index contributed by atoms with van der Waals surface area (Å²) in [4.78, 5) is 17.0. The van der Waals surface area contributed by atoms with E-state index in [9.17, 15) is 4.79 Å². The normalized spacial score (nSPS) is 10.4. The van der Waals surface area contributed by atoms with Crippen molar-refractivity contribution in [3.63, 3.8) is 0 Å². The largest absolute Gasteiger partial charge is 0.478 e. The maximum atomic E-state index is 11.1. The van der Waals surface area contributed by atoms with E-state index in [0.717, 1.165) is 12.8 Å². The lowest BCUT2D eigenvalue weighted by Crippen LogP contribution is -2.30. The van der Waals surface area contributed by atoms with Gasteiger partial charge in [0.05, 0.1) is 6.61 Å². The van der Waals surface area contributed by atoms with E-state index in [1.165, 1.54) is 12.1 Å². The van der Waals surface area contributed by atoms with Crippen LogP contribution in [0.5, 0.6) is 0 Å². The number of hydrogen-bond acceptors (Lipinski definition) is 4. The van der Waals surface area contributed by atoms with Crippen molar-refractivity contribution in [2.75, 3.05) is 24.6 Å². The summed E-state index contributed by atoms with van der Waals surface area (Å²) in [6, 6.07) is 2.88. The Morgan fingerprint density at radius 3 is 2.72 bits per heavy atom. The van der Waals surface area contributed by atoms with Crippen LogP contribution in [0, 0.1) is 0 Å². The Hall–Kier alpha value is -1.33. The van der Waals surface area contributed by atoms with E-state index < -0.39 is 5.97 Å². The van der Waals surface area contributed by atoms with Crippen molar-refractivity contribution in [2.45, 2.75) is 19.8 Å². The minimum absolute atomic E-state index is 0.0586. The molecule has 0 aliphatic heterocycles. The Morgan fingerprint density at radius 1 is 1.44 bits per heavy atom. The first kappa shape index (κ1) is 14.7. The van der Waals surface area contributed by atoms with Gasteiger partial charge in [0.15, 0.2) is 0 Å². The average Bonchev–Trinajstić information content (AvgIpc) is 2.34. The average molecular weight is 273 g/mol. The molecule has 6 heteroatoms. The van der Waals surface area contributed by atoms with Gasteiger partial charge in [0, 0.05) is 13.1 Å². The number of pyridine rings is 1. The SMILES string of the molecule is CCCCN(CCO)c1nc(Cl)ccc1C(=O)O. The minimum Gasteiger partial charge on any atom is -0.478 e. The molecule has 0 bridgehead atoms. The molecule has 0 aliphatic carbocycles. The zero-order chi connectivity index (χ0) is 13.5. The molecule has 0 saturated heterocycles. The van der Waals surface area contributed by atoms with Gasteiger partial charge in [-0.25, -0.2) is 9.78 Å². The first-order chi connectivity index (χ1) is 8.60. The highest BCUT2D eigenvalue weighted by Crippen LogP contribution is 2.21. The number of aliphatic hydroxyl groups excluding tert-OH is 1. The molecule has 1 aromatic rings. The highest BCUT2D eigenvalue weighted by atomic mass is 35.5. The maximum absolute atomic E-state index is 11.1. The summed E-state index contributed by atoms with van der Waals surface area (Å²) in [7, 11) is 0. The molecule has 0 aromatic carbocycles. The zero-order valence-corrected chi connectivity index (χ0v) is 11.0. The fraction of sp³-hybridized carbons (Fsp3) is 0.500. The number of carboxylic acids is 1.